The topological polar surface area (TPSA) is 77.5 Å². The van der Waals surface area contributed by atoms with E-state index in [0.29, 0.717) is 11.4 Å². The molecule has 0 radical (unpaired) electrons. The van der Waals surface area contributed by atoms with Gasteiger partial charge in [-0.15, -0.1) is 0 Å². The van der Waals surface area contributed by atoms with Crippen LogP contribution in [0.15, 0.2) is 24.4 Å². The van der Waals surface area contributed by atoms with Gasteiger partial charge < -0.3 is 14.8 Å². The lowest BCUT2D eigenvalue weighted by Gasteiger charge is -2.17. The number of methoxy groups -OCH3 is 2. The Hall–Kier alpha value is -2.37. The molecule has 2 heterocycles. The summed E-state index contributed by atoms with van der Waals surface area (Å²) in [6, 6.07) is 3.18. The van der Waals surface area contributed by atoms with E-state index < -0.39 is 11.8 Å². The Labute approximate surface area is 104 Å². The first-order valence-corrected chi connectivity index (χ1v) is 5.27. The van der Waals surface area contributed by atoms with Gasteiger partial charge in [-0.05, 0) is 18.2 Å². The first kappa shape index (κ1) is 12.1. The van der Waals surface area contributed by atoms with Gasteiger partial charge in [-0.1, -0.05) is 0 Å². The molecular formula is C12H12N2O4. The third kappa shape index (κ3) is 2.04. The first-order chi connectivity index (χ1) is 8.67. The Kier molecular flexibility index (Phi) is 3.27. The van der Waals surface area contributed by atoms with Crippen LogP contribution in [0.25, 0.3) is 0 Å². The maximum absolute atomic E-state index is 11.7. The number of hydrogen-bond acceptors (Lipinski definition) is 5. The van der Waals surface area contributed by atoms with Crippen molar-refractivity contribution in [3.8, 4) is 11.6 Å². The average molecular weight is 248 g/mol. The second-order valence-corrected chi connectivity index (χ2v) is 3.62. The van der Waals surface area contributed by atoms with Gasteiger partial charge in [-0.2, -0.15) is 0 Å². The number of nitrogens with one attached hydrogen (secondary N) is 1. The third-order valence-corrected chi connectivity index (χ3v) is 2.58. The number of aromatic nitrogens is 1. The monoisotopic (exact) mass is 248 g/mol. The van der Waals surface area contributed by atoms with E-state index in [2.05, 4.69) is 10.3 Å². The molecule has 0 aliphatic carbocycles. The van der Waals surface area contributed by atoms with Crippen LogP contribution in [0.2, 0.25) is 0 Å². The Balaban J connectivity index is 2.42. The van der Waals surface area contributed by atoms with E-state index >= 15 is 0 Å². The van der Waals surface area contributed by atoms with Gasteiger partial charge in [-0.3, -0.25) is 9.59 Å². The zero-order valence-corrected chi connectivity index (χ0v) is 9.97. The van der Waals surface area contributed by atoms with Gasteiger partial charge in [0.25, 0.3) is 5.88 Å². The highest BCUT2D eigenvalue weighted by molar-refractivity contribution is 6.13. The van der Waals surface area contributed by atoms with Crippen LogP contribution in [0.4, 0.5) is 0 Å². The summed E-state index contributed by atoms with van der Waals surface area (Å²) in [5.41, 5.74) is 0.333. The van der Waals surface area contributed by atoms with Gasteiger partial charge in [-0.25, -0.2) is 4.98 Å². The van der Waals surface area contributed by atoms with Crippen molar-refractivity contribution in [1.29, 1.82) is 0 Å². The molecule has 0 spiro atoms. The molecule has 1 amide bonds. The lowest BCUT2D eigenvalue weighted by Crippen LogP contribution is -2.34. The SMILES string of the molecule is COc1ccc(C2C(=O)C=CNC2=O)nc1OC. The van der Waals surface area contributed by atoms with Crippen molar-refractivity contribution in [2.24, 2.45) is 0 Å². The van der Waals surface area contributed by atoms with E-state index in [-0.39, 0.29) is 11.7 Å². The molecular weight excluding hydrogens is 236 g/mol. The number of amides is 1. The zero-order chi connectivity index (χ0) is 13.1. The lowest BCUT2D eigenvalue weighted by atomic mass is 9.96. The van der Waals surface area contributed by atoms with Gasteiger partial charge in [0.15, 0.2) is 11.5 Å². The summed E-state index contributed by atoms with van der Waals surface area (Å²) < 4.78 is 10.1. The average Bonchev–Trinajstić information content (AvgIpc) is 2.38. The van der Waals surface area contributed by atoms with Gasteiger partial charge >= 0.3 is 0 Å². The summed E-state index contributed by atoms with van der Waals surface area (Å²) in [4.78, 5) is 27.5. The number of carbonyl (C=O) groups is 2. The van der Waals surface area contributed by atoms with Crippen molar-refractivity contribution in [2.45, 2.75) is 5.92 Å². The zero-order valence-electron chi connectivity index (χ0n) is 9.97. The maximum Gasteiger partial charge on any atom is 0.256 e. The predicted molar refractivity (Wildman–Crippen MR) is 62.4 cm³/mol. The molecule has 1 atom stereocenters. The number of rotatable bonds is 3. The number of allylic oxidation sites excluding steroid dienone is 1. The van der Waals surface area contributed by atoms with Crippen molar-refractivity contribution < 1.29 is 19.1 Å². The molecule has 1 N–H and O–H groups in total. The number of ether oxygens (including phenoxy) is 2. The number of pyridine rings is 1. The minimum absolute atomic E-state index is 0.241. The highest BCUT2D eigenvalue weighted by atomic mass is 16.5. The van der Waals surface area contributed by atoms with E-state index in [0.717, 1.165) is 0 Å². The summed E-state index contributed by atoms with van der Waals surface area (Å²) >= 11 is 0. The number of nitrogens with zero attached hydrogens (tertiary/aromatic N) is 1. The highest BCUT2D eigenvalue weighted by Crippen LogP contribution is 2.28. The van der Waals surface area contributed by atoms with E-state index in [1.165, 1.54) is 26.5 Å². The van der Waals surface area contributed by atoms with Gasteiger partial charge in [0.2, 0.25) is 5.91 Å². The molecule has 1 aliphatic heterocycles. The van der Waals surface area contributed by atoms with Crippen LogP contribution in [0.5, 0.6) is 11.6 Å². The molecule has 1 aromatic heterocycles. The van der Waals surface area contributed by atoms with Crippen LogP contribution in [0.1, 0.15) is 11.6 Å². The van der Waals surface area contributed by atoms with Crippen molar-refractivity contribution in [1.82, 2.24) is 10.3 Å². The normalized spacial score (nSPS) is 18.4. The minimum Gasteiger partial charge on any atom is -0.491 e. The molecule has 94 valence electrons. The fraction of sp³-hybridized carbons (Fsp3) is 0.250. The molecule has 1 aromatic rings. The summed E-state index contributed by atoms with van der Waals surface area (Å²) in [5.74, 6) is -0.957. The Morgan fingerprint density at radius 3 is 2.61 bits per heavy atom. The first-order valence-electron chi connectivity index (χ1n) is 5.27. The summed E-state index contributed by atoms with van der Waals surface area (Å²) in [5, 5.41) is 2.47. The van der Waals surface area contributed by atoms with Crippen LogP contribution in [0, 0.1) is 0 Å². The molecule has 0 aromatic carbocycles. The Morgan fingerprint density at radius 1 is 1.22 bits per heavy atom. The molecule has 0 bridgehead atoms. The Bertz CT molecular complexity index is 525. The van der Waals surface area contributed by atoms with Crippen LogP contribution >= 0.6 is 0 Å². The fourth-order valence-corrected chi connectivity index (χ4v) is 1.70. The third-order valence-electron chi connectivity index (χ3n) is 2.58. The Morgan fingerprint density at radius 2 is 2.00 bits per heavy atom. The second-order valence-electron chi connectivity index (χ2n) is 3.62. The molecule has 6 heteroatoms. The van der Waals surface area contributed by atoms with Crippen LogP contribution in [-0.4, -0.2) is 30.9 Å². The van der Waals surface area contributed by atoms with Gasteiger partial charge in [0.05, 0.1) is 19.9 Å². The molecule has 0 saturated carbocycles. The molecule has 1 unspecified atom stereocenters. The van der Waals surface area contributed by atoms with Crippen LogP contribution in [0.3, 0.4) is 0 Å². The summed E-state index contributed by atoms with van der Waals surface area (Å²) in [6.45, 7) is 0. The van der Waals surface area contributed by atoms with Gasteiger partial charge in [0.1, 0.15) is 5.92 Å². The van der Waals surface area contributed by atoms with Crippen LogP contribution in [-0.2, 0) is 9.59 Å². The largest absolute Gasteiger partial charge is 0.491 e. The lowest BCUT2D eigenvalue weighted by molar-refractivity contribution is -0.128. The van der Waals surface area contributed by atoms with E-state index in [9.17, 15) is 9.59 Å². The molecule has 0 fully saturated rings. The second kappa shape index (κ2) is 4.87. The summed E-state index contributed by atoms with van der Waals surface area (Å²) in [6.07, 6.45) is 2.63. The summed E-state index contributed by atoms with van der Waals surface area (Å²) in [7, 11) is 2.93. The highest BCUT2D eigenvalue weighted by Gasteiger charge is 2.30. The number of hydrogen-bond donors (Lipinski definition) is 1. The fourth-order valence-electron chi connectivity index (χ4n) is 1.70. The minimum atomic E-state index is -0.935. The number of ketones is 1. The number of carbonyl (C=O) groups excluding carboxylic acids is 2. The van der Waals surface area contributed by atoms with Crippen molar-refractivity contribution in [2.75, 3.05) is 14.2 Å². The van der Waals surface area contributed by atoms with Crippen molar-refractivity contribution in [3.05, 3.63) is 30.1 Å². The van der Waals surface area contributed by atoms with Crippen molar-refractivity contribution in [3.63, 3.8) is 0 Å². The molecule has 18 heavy (non-hydrogen) atoms. The molecule has 2 rings (SSSR count). The molecule has 1 aliphatic rings. The van der Waals surface area contributed by atoms with Crippen LogP contribution < -0.4 is 14.8 Å². The smallest absolute Gasteiger partial charge is 0.256 e. The predicted octanol–water partition coefficient (Wildman–Crippen LogP) is 0.395. The maximum atomic E-state index is 11.7. The van der Waals surface area contributed by atoms with Gasteiger partial charge in [0, 0.05) is 6.20 Å². The van der Waals surface area contributed by atoms with Crippen molar-refractivity contribution >= 4 is 11.7 Å². The van der Waals surface area contributed by atoms with E-state index in [4.69, 9.17) is 9.47 Å². The molecule has 0 saturated heterocycles. The van der Waals surface area contributed by atoms with E-state index in [1.807, 2.05) is 0 Å². The quantitative estimate of drug-likeness (QED) is 0.783. The molecule has 6 nitrogen and oxygen atoms in total. The standard InChI is InChI=1S/C12H12N2O4/c1-17-9-4-3-7(14-12(9)18-2)10-8(15)5-6-13-11(10)16/h3-6,10H,1-2H3,(H,13,16). The van der Waals surface area contributed by atoms with E-state index in [1.54, 1.807) is 12.1 Å².